The summed E-state index contributed by atoms with van der Waals surface area (Å²) in [7, 11) is 4.73. The van der Waals surface area contributed by atoms with E-state index in [0.29, 0.717) is 12.3 Å². The summed E-state index contributed by atoms with van der Waals surface area (Å²) in [6.45, 7) is 0.445. The van der Waals surface area contributed by atoms with Crippen LogP contribution in [0, 0.1) is 5.92 Å². The fraction of sp³-hybridized carbons (Fsp3) is 0.682. The van der Waals surface area contributed by atoms with Gasteiger partial charge in [-0.05, 0) is 55.7 Å². The molecule has 0 heterocycles. The summed E-state index contributed by atoms with van der Waals surface area (Å²) in [5.74, 6) is 1.31. The number of aryl methyl sites for hydroxylation is 1. The standard InChI is InChI=1S/C22H34O7/c1-24-14-27-19-8-4-6-17(12-19)10-11-18-7-5-9-20(23)22(29-16-26-3)21(13-18)28-15-25-2/h4,6,8,12,18,21-22H,5,7,9-11,13-16H2,1-3H3. The molecule has 0 aromatic heterocycles. The minimum atomic E-state index is -0.612. The Morgan fingerprint density at radius 1 is 1.00 bits per heavy atom. The minimum Gasteiger partial charge on any atom is -0.468 e. The monoisotopic (exact) mass is 410 g/mol. The molecule has 164 valence electrons. The lowest BCUT2D eigenvalue weighted by atomic mass is 9.84. The third-order valence-corrected chi connectivity index (χ3v) is 5.10. The van der Waals surface area contributed by atoms with E-state index in [9.17, 15) is 4.79 Å². The van der Waals surface area contributed by atoms with Crippen LogP contribution in [0.2, 0.25) is 0 Å². The summed E-state index contributed by atoms with van der Waals surface area (Å²) in [5.41, 5.74) is 1.22. The summed E-state index contributed by atoms with van der Waals surface area (Å²) >= 11 is 0. The van der Waals surface area contributed by atoms with E-state index in [-0.39, 0.29) is 32.3 Å². The Kier molecular flexibility index (Phi) is 11.2. The van der Waals surface area contributed by atoms with Gasteiger partial charge in [-0.25, -0.2) is 0 Å². The minimum absolute atomic E-state index is 0.0716. The Labute approximate surface area is 173 Å². The lowest BCUT2D eigenvalue weighted by molar-refractivity contribution is -0.175. The van der Waals surface area contributed by atoms with Gasteiger partial charge in [0.05, 0.1) is 6.10 Å². The van der Waals surface area contributed by atoms with Crippen LogP contribution in [0.1, 0.15) is 37.7 Å². The quantitative estimate of drug-likeness (QED) is 0.489. The maximum atomic E-state index is 12.5. The fourth-order valence-corrected chi connectivity index (χ4v) is 3.69. The number of ether oxygens (including phenoxy) is 6. The summed E-state index contributed by atoms with van der Waals surface area (Å²) in [5, 5.41) is 0. The van der Waals surface area contributed by atoms with E-state index >= 15 is 0 Å². The van der Waals surface area contributed by atoms with Crippen molar-refractivity contribution >= 4 is 5.78 Å². The molecule has 1 aromatic rings. The number of carbonyl (C=O) groups is 1. The molecule has 0 bridgehead atoms. The van der Waals surface area contributed by atoms with Gasteiger partial charge in [-0.15, -0.1) is 0 Å². The van der Waals surface area contributed by atoms with Crippen LogP contribution in [0.15, 0.2) is 24.3 Å². The summed E-state index contributed by atoms with van der Waals surface area (Å²) in [4.78, 5) is 12.5. The Morgan fingerprint density at radius 3 is 2.52 bits per heavy atom. The van der Waals surface area contributed by atoms with Crippen molar-refractivity contribution in [1.82, 2.24) is 0 Å². The van der Waals surface area contributed by atoms with Crippen LogP contribution < -0.4 is 4.74 Å². The van der Waals surface area contributed by atoms with Crippen LogP contribution in [0.4, 0.5) is 0 Å². The number of carbonyl (C=O) groups excluding carboxylic acids is 1. The maximum absolute atomic E-state index is 12.5. The van der Waals surface area contributed by atoms with Gasteiger partial charge in [0.1, 0.15) is 25.4 Å². The summed E-state index contributed by atoms with van der Waals surface area (Å²) in [6.07, 6.45) is 4.11. The lowest BCUT2D eigenvalue weighted by Crippen LogP contribution is -2.42. The van der Waals surface area contributed by atoms with Crippen LogP contribution in [-0.4, -0.2) is 59.7 Å². The lowest BCUT2D eigenvalue weighted by Gasteiger charge is -2.31. The van der Waals surface area contributed by atoms with Crippen molar-refractivity contribution in [3.8, 4) is 5.75 Å². The molecule has 1 fully saturated rings. The number of benzene rings is 1. The third kappa shape index (κ3) is 8.40. The van der Waals surface area contributed by atoms with Crippen LogP contribution >= 0.6 is 0 Å². The highest BCUT2D eigenvalue weighted by Gasteiger charge is 2.33. The SMILES string of the molecule is COCOc1cccc(CCC2CCCC(=O)C(OCOC)C(OCOC)C2)c1. The smallest absolute Gasteiger partial charge is 0.188 e. The molecule has 2 rings (SSSR count). The van der Waals surface area contributed by atoms with Crippen molar-refractivity contribution in [2.75, 3.05) is 41.7 Å². The first-order valence-corrected chi connectivity index (χ1v) is 10.1. The van der Waals surface area contributed by atoms with Crippen molar-refractivity contribution in [1.29, 1.82) is 0 Å². The van der Waals surface area contributed by atoms with Gasteiger partial charge < -0.3 is 28.4 Å². The van der Waals surface area contributed by atoms with Gasteiger partial charge in [0.15, 0.2) is 12.6 Å². The highest BCUT2D eigenvalue weighted by atomic mass is 16.7. The Hall–Kier alpha value is -1.51. The highest BCUT2D eigenvalue weighted by molar-refractivity contribution is 5.83. The van der Waals surface area contributed by atoms with Crippen molar-refractivity contribution in [2.45, 2.75) is 50.7 Å². The van der Waals surface area contributed by atoms with Gasteiger partial charge in [0, 0.05) is 27.8 Å². The van der Waals surface area contributed by atoms with E-state index in [2.05, 4.69) is 12.1 Å². The number of rotatable bonds is 12. The van der Waals surface area contributed by atoms with E-state index in [1.165, 1.54) is 5.56 Å². The molecular formula is C22H34O7. The Balaban J connectivity index is 1.99. The highest BCUT2D eigenvalue weighted by Crippen LogP contribution is 2.29. The van der Waals surface area contributed by atoms with Gasteiger partial charge in [-0.3, -0.25) is 4.79 Å². The number of ketones is 1. The molecule has 7 nitrogen and oxygen atoms in total. The van der Waals surface area contributed by atoms with Crippen molar-refractivity contribution in [3.63, 3.8) is 0 Å². The second-order valence-electron chi connectivity index (χ2n) is 7.30. The van der Waals surface area contributed by atoms with E-state index < -0.39 is 6.10 Å². The average Bonchev–Trinajstić information content (AvgIpc) is 2.73. The van der Waals surface area contributed by atoms with Crippen molar-refractivity contribution < 1.29 is 33.2 Å². The Bertz CT molecular complexity index is 592. The normalized spacial score (nSPS) is 22.9. The predicted octanol–water partition coefficient (Wildman–Crippen LogP) is 3.34. The van der Waals surface area contributed by atoms with Crippen LogP contribution in [0.25, 0.3) is 0 Å². The molecule has 1 aromatic carbocycles. The molecule has 0 spiro atoms. The first-order chi connectivity index (χ1) is 14.2. The number of hydrogen-bond acceptors (Lipinski definition) is 7. The largest absolute Gasteiger partial charge is 0.468 e. The summed E-state index contributed by atoms with van der Waals surface area (Å²) < 4.78 is 32.1. The molecule has 0 radical (unpaired) electrons. The maximum Gasteiger partial charge on any atom is 0.188 e. The molecule has 0 saturated heterocycles. The second-order valence-corrected chi connectivity index (χ2v) is 7.30. The van der Waals surface area contributed by atoms with Crippen LogP contribution in [0.3, 0.4) is 0 Å². The number of methoxy groups -OCH3 is 3. The molecule has 0 aliphatic heterocycles. The first kappa shape index (κ1) is 23.8. The van der Waals surface area contributed by atoms with Gasteiger partial charge in [0.25, 0.3) is 0 Å². The molecule has 1 aliphatic carbocycles. The van der Waals surface area contributed by atoms with E-state index in [1.54, 1.807) is 21.3 Å². The second kappa shape index (κ2) is 13.7. The molecular weight excluding hydrogens is 376 g/mol. The van der Waals surface area contributed by atoms with Crippen molar-refractivity contribution in [2.24, 2.45) is 5.92 Å². The Morgan fingerprint density at radius 2 is 1.76 bits per heavy atom. The van der Waals surface area contributed by atoms with E-state index in [4.69, 9.17) is 28.4 Å². The number of hydrogen-bond donors (Lipinski definition) is 0. The van der Waals surface area contributed by atoms with E-state index in [0.717, 1.165) is 37.9 Å². The van der Waals surface area contributed by atoms with E-state index in [1.807, 2.05) is 12.1 Å². The zero-order valence-corrected chi connectivity index (χ0v) is 17.8. The van der Waals surface area contributed by atoms with Crippen LogP contribution in [-0.2, 0) is 34.9 Å². The fourth-order valence-electron chi connectivity index (χ4n) is 3.69. The average molecular weight is 411 g/mol. The molecule has 3 unspecified atom stereocenters. The van der Waals surface area contributed by atoms with Gasteiger partial charge in [0.2, 0.25) is 0 Å². The topological polar surface area (TPSA) is 72.5 Å². The molecule has 0 amide bonds. The molecule has 29 heavy (non-hydrogen) atoms. The van der Waals surface area contributed by atoms with Gasteiger partial charge in [-0.2, -0.15) is 0 Å². The zero-order chi connectivity index (χ0) is 20.9. The van der Waals surface area contributed by atoms with Crippen LogP contribution in [0.5, 0.6) is 5.75 Å². The van der Waals surface area contributed by atoms with Gasteiger partial charge >= 0.3 is 0 Å². The molecule has 1 saturated carbocycles. The predicted molar refractivity (Wildman–Crippen MR) is 108 cm³/mol. The number of Topliss-reactive ketones (excluding diaryl/α,β-unsaturated/α-hetero) is 1. The summed E-state index contributed by atoms with van der Waals surface area (Å²) in [6, 6.07) is 8.08. The van der Waals surface area contributed by atoms with Gasteiger partial charge in [-0.1, -0.05) is 12.1 Å². The first-order valence-electron chi connectivity index (χ1n) is 10.1. The third-order valence-electron chi connectivity index (χ3n) is 5.10. The molecule has 3 atom stereocenters. The van der Waals surface area contributed by atoms with Crippen molar-refractivity contribution in [3.05, 3.63) is 29.8 Å². The zero-order valence-electron chi connectivity index (χ0n) is 17.8. The molecule has 7 heteroatoms. The molecule has 1 aliphatic rings. The molecule has 0 N–H and O–H groups in total.